The number of nitrogens with one attached hydrogen (secondary N) is 1. The first-order valence-electron chi connectivity index (χ1n) is 5.21. The fourth-order valence-electron chi connectivity index (χ4n) is 1.90. The molecule has 1 aliphatic heterocycles. The molecule has 0 fully saturated rings. The summed E-state index contributed by atoms with van der Waals surface area (Å²) in [5, 5.41) is 3.24. The van der Waals surface area contributed by atoms with Crippen LogP contribution in [0.5, 0.6) is 5.75 Å². The normalized spacial score (nSPS) is 20.0. The van der Waals surface area contributed by atoms with E-state index in [0.29, 0.717) is 12.1 Å². The Morgan fingerprint density at radius 3 is 2.87 bits per heavy atom. The maximum atomic E-state index is 5.84. The smallest absolute Gasteiger partial charge is 0.123 e. The summed E-state index contributed by atoms with van der Waals surface area (Å²) in [6.07, 6.45) is 2.49. The number of fused-ring (bicyclic) bond motifs is 1. The molecule has 0 aliphatic carbocycles. The number of ether oxygens (including phenoxy) is 1. The molecule has 1 N–H and O–H groups in total. The van der Waals surface area contributed by atoms with Crippen LogP contribution in [0.15, 0.2) is 24.3 Å². The van der Waals surface area contributed by atoms with E-state index in [1.165, 1.54) is 5.56 Å². The van der Waals surface area contributed by atoms with E-state index in [4.69, 9.17) is 4.74 Å². The van der Waals surface area contributed by atoms with Crippen molar-refractivity contribution in [3.8, 4) is 5.75 Å². The van der Waals surface area contributed by atoms with Gasteiger partial charge in [0.1, 0.15) is 11.9 Å². The van der Waals surface area contributed by atoms with Gasteiger partial charge in [-0.05, 0) is 32.0 Å². The minimum atomic E-state index is 0. The molecule has 1 heterocycles. The molecule has 2 nitrogen and oxygen atoms in total. The summed E-state index contributed by atoms with van der Waals surface area (Å²) in [6.45, 7) is 2.19. The second kappa shape index (κ2) is 5.38. The zero-order chi connectivity index (χ0) is 9.97. The standard InChI is InChI=1S/C12H17NO.ClH/c1-9(13-2)7-11-8-10-5-3-4-6-12(10)14-11;/h3-6,9,11,13H,7-8H2,1-2H3;1H. The molecular weight excluding hydrogens is 210 g/mol. The predicted molar refractivity (Wildman–Crippen MR) is 64.9 cm³/mol. The van der Waals surface area contributed by atoms with Crippen LogP contribution < -0.4 is 10.1 Å². The molecule has 0 amide bonds. The van der Waals surface area contributed by atoms with Gasteiger partial charge in [-0.1, -0.05) is 18.2 Å². The molecule has 0 spiro atoms. The summed E-state index contributed by atoms with van der Waals surface area (Å²) >= 11 is 0. The van der Waals surface area contributed by atoms with E-state index in [0.717, 1.165) is 18.6 Å². The summed E-state index contributed by atoms with van der Waals surface area (Å²) in [6, 6.07) is 8.84. The quantitative estimate of drug-likeness (QED) is 0.857. The van der Waals surface area contributed by atoms with Crippen LogP contribution in [0.3, 0.4) is 0 Å². The Morgan fingerprint density at radius 1 is 1.47 bits per heavy atom. The number of para-hydroxylation sites is 1. The molecular formula is C12H18ClNO. The second-order valence-electron chi connectivity index (χ2n) is 3.98. The molecule has 0 radical (unpaired) electrons. The highest BCUT2D eigenvalue weighted by Crippen LogP contribution is 2.29. The molecule has 1 aromatic carbocycles. The lowest BCUT2D eigenvalue weighted by molar-refractivity contribution is 0.207. The minimum absolute atomic E-state index is 0. The van der Waals surface area contributed by atoms with Gasteiger partial charge in [-0.3, -0.25) is 0 Å². The van der Waals surface area contributed by atoms with E-state index in [-0.39, 0.29) is 12.4 Å². The molecule has 3 heteroatoms. The van der Waals surface area contributed by atoms with Gasteiger partial charge in [0.05, 0.1) is 0 Å². The number of hydrogen-bond donors (Lipinski definition) is 1. The molecule has 0 saturated heterocycles. The van der Waals surface area contributed by atoms with E-state index in [2.05, 4.69) is 30.4 Å². The zero-order valence-electron chi connectivity index (χ0n) is 9.19. The molecule has 0 aromatic heterocycles. The first kappa shape index (κ1) is 12.3. The molecule has 15 heavy (non-hydrogen) atoms. The van der Waals surface area contributed by atoms with Crippen molar-refractivity contribution in [2.24, 2.45) is 0 Å². The highest BCUT2D eigenvalue weighted by atomic mass is 35.5. The molecule has 1 aromatic rings. The summed E-state index contributed by atoms with van der Waals surface area (Å²) in [4.78, 5) is 0. The van der Waals surface area contributed by atoms with Crippen LogP contribution in [0.25, 0.3) is 0 Å². The average Bonchev–Trinajstić information content (AvgIpc) is 2.59. The highest BCUT2D eigenvalue weighted by Gasteiger charge is 2.23. The van der Waals surface area contributed by atoms with Crippen LogP contribution in [0.2, 0.25) is 0 Å². The van der Waals surface area contributed by atoms with Gasteiger partial charge >= 0.3 is 0 Å². The highest BCUT2D eigenvalue weighted by molar-refractivity contribution is 5.85. The van der Waals surface area contributed by atoms with Crippen molar-refractivity contribution in [1.29, 1.82) is 0 Å². The molecule has 2 rings (SSSR count). The monoisotopic (exact) mass is 227 g/mol. The van der Waals surface area contributed by atoms with Crippen molar-refractivity contribution in [2.75, 3.05) is 7.05 Å². The first-order valence-corrected chi connectivity index (χ1v) is 5.21. The lowest BCUT2D eigenvalue weighted by atomic mass is 10.1. The Bertz CT molecular complexity index is 291. The van der Waals surface area contributed by atoms with Crippen molar-refractivity contribution >= 4 is 12.4 Å². The Labute approximate surface area is 97.4 Å². The Balaban J connectivity index is 0.00000112. The van der Waals surface area contributed by atoms with Crippen molar-refractivity contribution in [3.63, 3.8) is 0 Å². The van der Waals surface area contributed by atoms with Crippen molar-refractivity contribution < 1.29 is 4.74 Å². The Hall–Kier alpha value is -0.730. The maximum Gasteiger partial charge on any atom is 0.123 e. The van der Waals surface area contributed by atoms with Gasteiger partial charge in [0.2, 0.25) is 0 Å². The molecule has 0 bridgehead atoms. The molecule has 2 unspecified atom stereocenters. The second-order valence-corrected chi connectivity index (χ2v) is 3.98. The largest absolute Gasteiger partial charge is 0.490 e. The SMILES string of the molecule is CNC(C)CC1Cc2ccccc2O1.Cl. The minimum Gasteiger partial charge on any atom is -0.490 e. The maximum absolute atomic E-state index is 5.84. The van der Waals surface area contributed by atoms with Gasteiger partial charge in [-0.15, -0.1) is 12.4 Å². The van der Waals surface area contributed by atoms with E-state index in [1.807, 2.05) is 13.1 Å². The summed E-state index contributed by atoms with van der Waals surface area (Å²) in [7, 11) is 1.99. The lowest BCUT2D eigenvalue weighted by Crippen LogP contribution is -2.28. The number of benzene rings is 1. The number of halogens is 1. The molecule has 1 aliphatic rings. The zero-order valence-corrected chi connectivity index (χ0v) is 10.0. The van der Waals surface area contributed by atoms with Gasteiger partial charge in [-0.25, -0.2) is 0 Å². The van der Waals surface area contributed by atoms with Crippen LogP contribution in [0, 0.1) is 0 Å². The Morgan fingerprint density at radius 2 is 2.20 bits per heavy atom. The summed E-state index contributed by atoms with van der Waals surface area (Å²) in [5.74, 6) is 1.07. The van der Waals surface area contributed by atoms with Crippen LogP contribution in [0.4, 0.5) is 0 Å². The predicted octanol–water partition coefficient (Wildman–Crippen LogP) is 2.41. The van der Waals surface area contributed by atoms with Crippen molar-refractivity contribution in [1.82, 2.24) is 5.32 Å². The third-order valence-corrected chi connectivity index (χ3v) is 2.82. The Kier molecular flexibility index (Phi) is 4.43. The van der Waals surface area contributed by atoms with Gasteiger partial charge in [0.15, 0.2) is 0 Å². The van der Waals surface area contributed by atoms with E-state index in [9.17, 15) is 0 Å². The summed E-state index contributed by atoms with van der Waals surface area (Å²) < 4.78 is 5.84. The van der Waals surface area contributed by atoms with E-state index in [1.54, 1.807) is 0 Å². The average molecular weight is 228 g/mol. The number of hydrogen-bond acceptors (Lipinski definition) is 2. The number of rotatable bonds is 3. The fourth-order valence-corrected chi connectivity index (χ4v) is 1.90. The molecule has 2 atom stereocenters. The van der Waals surface area contributed by atoms with Crippen LogP contribution in [-0.4, -0.2) is 19.2 Å². The van der Waals surface area contributed by atoms with Gasteiger partial charge in [0, 0.05) is 12.5 Å². The first-order chi connectivity index (χ1) is 6.79. The lowest BCUT2D eigenvalue weighted by Gasteiger charge is -2.15. The van der Waals surface area contributed by atoms with Gasteiger partial charge in [0.25, 0.3) is 0 Å². The van der Waals surface area contributed by atoms with Crippen LogP contribution in [0.1, 0.15) is 18.9 Å². The van der Waals surface area contributed by atoms with Crippen molar-refractivity contribution in [2.45, 2.75) is 31.9 Å². The van der Waals surface area contributed by atoms with E-state index >= 15 is 0 Å². The van der Waals surface area contributed by atoms with E-state index < -0.39 is 0 Å². The molecule has 0 saturated carbocycles. The fraction of sp³-hybridized carbons (Fsp3) is 0.500. The topological polar surface area (TPSA) is 21.3 Å². The third-order valence-electron chi connectivity index (χ3n) is 2.82. The van der Waals surface area contributed by atoms with Crippen LogP contribution >= 0.6 is 12.4 Å². The van der Waals surface area contributed by atoms with Gasteiger partial charge < -0.3 is 10.1 Å². The van der Waals surface area contributed by atoms with Crippen molar-refractivity contribution in [3.05, 3.63) is 29.8 Å². The van der Waals surface area contributed by atoms with Crippen LogP contribution in [-0.2, 0) is 6.42 Å². The summed E-state index contributed by atoms with van der Waals surface area (Å²) in [5.41, 5.74) is 1.35. The third kappa shape index (κ3) is 2.86. The molecule has 84 valence electrons. The van der Waals surface area contributed by atoms with Gasteiger partial charge in [-0.2, -0.15) is 0 Å².